The monoisotopic (exact) mass is 347 g/mol. The summed E-state index contributed by atoms with van der Waals surface area (Å²) < 4.78 is 42.2. The Morgan fingerprint density at radius 3 is 2.67 bits per heavy atom. The summed E-state index contributed by atoms with van der Waals surface area (Å²) in [5.41, 5.74) is -2.15. The van der Waals surface area contributed by atoms with Gasteiger partial charge in [-0.2, -0.15) is 13.2 Å². The van der Waals surface area contributed by atoms with Crippen molar-refractivity contribution >= 4 is 17.7 Å². The number of halogens is 3. The Bertz CT molecular complexity index is 621. The minimum Gasteiger partial charge on any atom is -0.481 e. The van der Waals surface area contributed by atoms with Gasteiger partial charge in [-0.15, -0.1) is 0 Å². The molecule has 1 aromatic rings. The highest BCUT2D eigenvalue weighted by Crippen LogP contribution is 2.32. The number of hydrogen-bond acceptors (Lipinski definition) is 4. The largest absolute Gasteiger partial charge is 0.481 e. The van der Waals surface area contributed by atoms with Crippen molar-refractivity contribution in [3.8, 4) is 0 Å². The lowest BCUT2D eigenvalue weighted by Gasteiger charge is -2.23. The van der Waals surface area contributed by atoms with E-state index < -0.39 is 29.3 Å². The van der Waals surface area contributed by atoms with E-state index in [1.165, 1.54) is 12.0 Å². The zero-order valence-corrected chi connectivity index (χ0v) is 12.8. The third-order valence-corrected chi connectivity index (χ3v) is 3.82. The van der Waals surface area contributed by atoms with E-state index in [4.69, 9.17) is 4.74 Å². The van der Waals surface area contributed by atoms with Crippen LogP contribution in [0.4, 0.5) is 23.7 Å². The summed E-state index contributed by atoms with van der Waals surface area (Å²) in [6.45, 7) is 0.125. The molecule has 24 heavy (non-hydrogen) atoms. The molecule has 2 N–H and O–H groups in total. The van der Waals surface area contributed by atoms with Crippen molar-refractivity contribution in [2.24, 2.45) is 5.41 Å². The van der Waals surface area contributed by atoms with Gasteiger partial charge in [-0.05, 0) is 18.6 Å². The average molecular weight is 347 g/mol. The van der Waals surface area contributed by atoms with Crippen LogP contribution >= 0.6 is 0 Å². The molecule has 0 aliphatic carbocycles. The van der Waals surface area contributed by atoms with E-state index in [1.54, 1.807) is 0 Å². The molecule has 0 bridgehead atoms. The standard InChI is InChI=1S/C14H16F3N3O4/c1-24-8-13(11(21)22)4-5-20(7-13)12(23)19-9-2-3-10(18-6-9)14(15,16)17/h2-3,6H,4-5,7-8H2,1H3,(H,19,23)(H,21,22). The molecule has 1 aromatic heterocycles. The van der Waals surface area contributed by atoms with Crippen LogP contribution in [0.1, 0.15) is 12.1 Å². The fraction of sp³-hybridized carbons (Fsp3) is 0.500. The number of methoxy groups -OCH3 is 1. The first-order chi connectivity index (χ1) is 11.2. The van der Waals surface area contributed by atoms with Gasteiger partial charge in [-0.1, -0.05) is 0 Å². The second kappa shape index (κ2) is 6.63. The highest BCUT2D eigenvalue weighted by atomic mass is 19.4. The molecule has 7 nitrogen and oxygen atoms in total. The minimum absolute atomic E-state index is 0.0338. The summed E-state index contributed by atoms with van der Waals surface area (Å²) in [6.07, 6.45) is -3.43. The number of hydrogen-bond donors (Lipinski definition) is 2. The third-order valence-electron chi connectivity index (χ3n) is 3.82. The van der Waals surface area contributed by atoms with Crippen molar-refractivity contribution in [3.63, 3.8) is 0 Å². The van der Waals surface area contributed by atoms with Crippen LogP contribution in [-0.2, 0) is 15.7 Å². The molecule has 10 heteroatoms. The number of alkyl halides is 3. The van der Waals surface area contributed by atoms with Gasteiger partial charge < -0.3 is 20.1 Å². The molecule has 2 rings (SSSR count). The second-order valence-corrected chi connectivity index (χ2v) is 5.55. The Morgan fingerprint density at radius 2 is 2.17 bits per heavy atom. The van der Waals surface area contributed by atoms with E-state index in [0.717, 1.165) is 18.3 Å². The number of amides is 2. The molecule has 1 fully saturated rings. The zero-order chi connectivity index (χ0) is 18.0. The van der Waals surface area contributed by atoms with Gasteiger partial charge >= 0.3 is 18.2 Å². The minimum atomic E-state index is -4.56. The predicted octanol–water partition coefficient (Wildman–Crippen LogP) is 2.06. The Labute approximate surface area is 135 Å². The van der Waals surface area contributed by atoms with Crippen molar-refractivity contribution in [2.75, 3.05) is 32.1 Å². The van der Waals surface area contributed by atoms with E-state index in [9.17, 15) is 27.9 Å². The van der Waals surface area contributed by atoms with Gasteiger partial charge in [0, 0.05) is 20.2 Å². The van der Waals surface area contributed by atoms with Crippen LogP contribution in [0.25, 0.3) is 0 Å². The van der Waals surface area contributed by atoms with Gasteiger partial charge in [-0.25, -0.2) is 9.78 Å². The second-order valence-electron chi connectivity index (χ2n) is 5.55. The number of likely N-dealkylation sites (tertiary alicyclic amines) is 1. The molecule has 0 spiro atoms. The Kier molecular flexibility index (Phi) is 4.97. The number of rotatable bonds is 4. The molecule has 1 aliphatic heterocycles. The first-order valence-electron chi connectivity index (χ1n) is 6.99. The predicted molar refractivity (Wildman–Crippen MR) is 76.4 cm³/mol. The summed E-state index contributed by atoms with van der Waals surface area (Å²) in [5.74, 6) is -1.06. The van der Waals surface area contributed by atoms with Crippen molar-refractivity contribution in [3.05, 3.63) is 24.0 Å². The fourth-order valence-corrected chi connectivity index (χ4v) is 2.51. The quantitative estimate of drug-likeness (QED) is 0.870. The molecule has 1 saturated heterocycles. The molecule has 1 unspecified atom stereocenters. The number of anilines is 1. The SMILES string of the molecule is COCC1(C(=O)O)CCN(C(=O)Nc2ccc(C(F)(F)F)nc2)C1. The van der Waals surface area contributed by atoms with Crippen molar-refractivity contribution in [1.82, 2.24) is 9.88 Å². The van der Waals surface area contributed by atoms with Gasteiger partial charge in [-0.3, -0.25) is 4.79 Å². The van der Waals surface area contributed by atoms with E-state index in [1.807, 2.05) is 0 Å². The Morgan fingerprint density at radius 1 is 1.46 bits per heavy atom. The number of ether oxygens (including phenoxy) is 1. The molecule has 2 amide bonds. The molecular weight excluding hydrogens is 331 g/mol. The number of carbonyl (C=O) groups is 2. The first-order valence-corrected chi connectivity index (χ1v) is 6.99. The smallest absolute Gasteiger partial charge is 0.433 e. The van der Waals surface area contributed by atoms with Crippen LogP contribution in [0.3, 0.4) is 0 Å². The van der Waals surface area contributed by atoms with Crippen molar-refractivity contribution < 1.29 is 32.6 Å². The van der Waals surface area contributed by atoms with Gasteiger partial charge in [0.1, 0.15) is 11.1 Å². The number of nitrogens with zero attached hydrogens (tertiary/aromatic N) is 2. The van der Waals surface area contributed by atoms with Crippen LogP contribution in [0.5, 0.6) is 0 Å². The number of carboxylic acid groups (broad SMARTS) is 1. The van der Waals surface area contributed by atoms with E-state index >= 15 is 0 Å². The maximum Gasteiger partial charge on any atom is 0.433 e. The third kappa shape index (κ3) is 3.75. The maximum atomic E-state index is 12.4. The van der Waals surface area contributed by atoms with Crippen LogP contribution in [-0.4, -0.2) is 53.8 Å². The Hall–Kier alpha value is -2.36. The van der Waals surface area contributed by atoms with Crippen LogP contribution in [0.15, 0.2) is 18.3 Å². The molecule has 0 saturated carbocycles. The lowest BCUT2D eigenvalue weighted by atomic mass is 9.88. The molecule has 132 valence electrons. The highest BCUT2D eigenvalue weighted by molar-refractivity contribution is 5.90. The van der Waals surface area contributed by atoms with Gasteiger partial charge in [0.2, 0.25) is 0 Å². The summed E-state index contributed by atoms with van der Waals surface area (Å²) in [6, 6.07) is 1.24. The first kappa shape index (κ1) is 18.0. The maximum absolute atomic E-state index is 12.4. The lowest BCUT2D eigenvalue weighted by Crippen LogP contribution is -2.41. The van der Waals surface area contributed by atoms with E-state index in [-0.39, 0.29) is 31.8 Å². The van der Waals surface area contributed by atoms with Crippen LogP contribution in [0.2, 0.25) is 0 Å². The van der Waals surface area contributed by atoms with E-state index in [2.05, 4.69) is 10.3 Å². The summed E-state index contributed by atoms with van der Waals surface area (Å²) in [5, 5.41) is 11.7. The molecule has 0 aromatic carbocycles. The molecule has 1 atom stereocenters. The molecule has 0 radical (unpaired) electrons. The Balaban J connectivity index is 2.02. The number of aliphatic carboxylic acids is 1. The number of carbonyl (C=O) groups excluding carboxylic acids is 1. The van der Waals surface area contributed by atoms with Gasteiger partial charge in [0.15, 0.2) is 0 Å². The molecule has 2 heterocycles. The summed E-state index contributed by atoms with van der Waals surface area (Å²) in [7, 11) is 1.38. The summed E-state index contributed by atoms with van der Waals surface area (Å²) >= 11 is 0. The van der Waals surface area contributed by atoms with Gasteiger partial charge in [0.25, 0.3) is 0 Å². The number of carboxylic acids is 1. The number of urea groups is 1. The zero-order valence-electron chi connectivity index (χ0n) is 12.8. The lowest BCUT2D eigenvalue weighted by molar-refractivity contribution is -0.151. The topological polar surface area (TPSA) is 91.8 Å². The average Bonchev–Trinajstić information content (AvgIpc) is 2.93. The van der Waals surface area contributed by atoms with Crippen molar-refractivity contribution in [1.29, 1.82) is 0 Å². The fourth-order valence-electron chi connectivity index (χ4n) is 2.51. The molecule has 1 aliphatic rings. The number of pyridine rings is 1. The molecular formula is C14H16F3N3O4. The van der Waals surface area contributed by atoms with Crippen LogP contribution in [0, 0.1) is 5.41 Å². The normalized spacial score (nSPS) is 20.9. The van der Waals surface area contributed by atoms with E-state index in [0.29, 0.717) is 0 Å². The van der Waals surface area contributed by atoms with Crippen LogP contribution < -0.4 is 5.32 Å². The highest BCUT2D eigenvalue weighted by Gasteiger charge is 2.46. The summed E-state index contributed by atoms with van der Waals surface area (Å²) in [4.78, 5) is 28.1. The van der Waals surface area contributed by atoms with Crippen molar-refractivity contribution in [2.45, 2.75) is 12.6 Å². The van der Waals surface area contributed by atoms with Gasteiger partial charge in [0.05, 0.1) is 18.5 Å². The number of nitrogens with one attached hydrogen (secondary N) is 1. The number of aromatic nitrogens is 1.